The lowest BCUT2D eigenvalue weighted by Gasteiger charge is -2.10. The van der Waals surface area contributed by atoms with Crippen LogP contribution in [0.15, 0.2) is 41.3 Å². The third-order valence-electron chi connectivity index (χ3n) is 3.16. The molecule has 0 bridgehead atoms. The summed E-state index contributed by atoms with van der Waals surface area (Å²) < 4.78 is 31.0. The summed E-state index contributed by atoms with van der Waals surface area (Å²) in [6.45, 7) is 0. The molecule has 0 atom stereocenters. The molecular weight excluding hydrogens is 375 g/mol. The van der Waals surface area contributed by atoms with Gasteiger partial charge in [-0.3, -0.25) is 4.79 Å². The highest BCUT2D eigenvalue weighted by Gasteiger charge is 2.18. The van der Waals surface area contributed by atoms with Crippen LogP contribution in [0.2, 0.25) is 10.0 Å². The van der Waals surface area contributed by atoms with E-state index in [9.17, 15) is 13.2 Å². The van der Waals surface area contributed by atoms with Crippen molar-refractivity contribution in [1.29, 1.82) is 0 Å². The van der Waals surface area contributed by atoms with Gasteiger partial charge < -0.3 is 10.1 Å². The quantitative estimate of drug-likeness (QED) is 0.823. The van der Waals surface area contributed by atoms with E-state index in [1.165, 1.54) is 38.4 Å². The van der Waals surface area contributed by atoms with Gasteiger partial charge in [-0.25, -0.2) is 13.1 Å². The molecule has 2 aromatic rings. The molecule has 0 aliphatic rings. The Kier molecular flexibility index (Phi) is 5.71. The van der Waals surface area contributed by atoms with Crippen molar-refractivity contribution in [3.05, 3.63) is 52.0 Å². The van der Waals surface area contributed by atoms with Crippen LogP contribution in [0.25, 0.3) is 0 Å². The van der Waals surface area contributed by atoms with Crippen LogP contribution < -0.4 is 14.8 Å². The van der Waals surface area contributed by atoms with Gasteiger partial charge in [-0.15, -0.1) is 0 Å². The average molecular weight is 389 g/mol. The minimum atomic E-state index is -3.77. The highest BCUT2D eigenvalue weighted by atomic mass is 35.5. The van der Waals surface area contributed by atoms with Gasteiger partial charge in [0.1, 0.15) is 10.6 Å². The SMILES string of the molecule is CNS(=O)(=O)c1cc(C(=O)Nc2ccc(OC)c(Cl)c2)ccc1Cl. The first kappa shape index (κ1) is 18.5. The van der Waals surface area contributed by atoms with Gasteiger partial charge in [-0.1, -0.05) is 23.2 Å². The van der Waals surface area contributed by atoms with Crippen molar-refractivity contribution in [2.24, 2.45) is 0 Å². The number of amides is 1. The summed E-state index contributed by atoms with van der Waals surface area (Å²) >= 11 is 11.9. The summed E-state index contributed by atoms with van der Waals surface area (Å²) in [5, 5.41) is 2.99. The molecule has 2 rings (SSSR count). The van der Waals surface area contributed by atoms with Crippen molar-refractivity contribution >= 4 is 44.8 Å². The maximum Gasteiger partial charge on any atom is 0.255 e. The normalized spacial score (nSPS) is 11.2. The monoisotopic (exact) mass is 388 g/mol. The average Bonchev–Trinajstić information content (AvgIpc) is 2.55. The fraction of sp³-hybridized carbons (Fsp3) is 0.133. The van der Waals surface area contributed by atoms with Gasteiger partial charge in [0.25, 0.3) is 5.91 Å². The summed E-state index contributed by atoms with van der Waals surface area (Å²) in [5.41, 5.74) is 0.582. The maximum absolute atomic E-state index is 12.3. The number of carbonyl (C=O) groups excluding carboxylic acids is 1. The van der Waals surface area contributed by atoms with Gasteiger partial charge in [0.15, 0.2) is 0 Å². The second-order valence-corrected chi connectivity index (χ2v) is 7.33. The minimum Gasteiger partial charge on any atom is -0.495 e. The van der Waals surface area contributed by atoms with E-state index in [2.05, 4.69) is 10.0 Å². The fourth-order valence-corrected chi connectivity index (χ4v) is 3.41. The number of nitrogens with one attached hydrogen (secondary N) is 2. The van der Waals surface area contributed by atoms with E-state index < -0.39 is 15.9 Å². The van der Waals surface area contributed by atoms with Crippen molar-refractivity contribution in [2.75, 3.05) is 19.5 Å². The van der Waals surface area contributed by atoms with E-state index in [1.807, 2.05) is 0 Å². The number of sulfonamides is 1. The largest absolute Gasteiger partial charge is 0.495 e. The van der Waals surface area contributed by atoms with E-state index in [-0.39, 0.29) is 15.5 Å². The molecule has 0 unspecified atom stereocenters. The Morgan fingerprint density at radius 2 is 1.79 bits per heavy atom. The minimum absolute atomic E-state index is 0.0217. The lowest BCUT2D eigenvalue weighted by molar-refractivity contribution is 0.102. The van der Waals surface area contributed by atoms with Crippen molar-refractivity contribution in [1.82, 2.24) is 4.72 Å². The van der Waals surface area contributed by atoms with Crippen LogP contribution in [0.4, 0.5) is 5.69 Å². The zero-order valence-electron chi connectivity index (χ0n) is 12.8. The van der Waals surface area contributed by atoms with E-state index in [0.717, 1.165) is 0 Å². The lowest BCUT2D eigenvalue weighted by atomic mass is 10.2. The number of anilines is 1. The maximum atomic E-state index is 12.3. The molecule has 0 heterocycles. The molecular formula is C15H14Cl2N2O4S. The second-order valence-electron chi connectivity index (χ2n) is 4.66. The van der Waals surface area contributed by atoms with E-state index >= 15 is 0 Å². The van der Waals surface area contributed by atoms with Crippen LogP contribution in [0.5, 0.6) is 5.75 Å². The molecule has 2 aromatic carbocycles. The first-order valence-electron chi connectivity index (χ1n) is 6.66. The molecule has 6 nitrogen and oxygen atoms in total. The highest BCUT2D eigenvalue weighted by Crippen LogP contribution is 2.28. The smallest absolute Gasteiger partial charge is 0.255 e. The van der Waals surface area contributed by atoms with Crippen LogP contribution >= 0.6 is 23.2 Å². The number of rotatable bonds is 5. The number of carbonyl (C=O) groups is 1. The zero-order chi connectivity index (χ0) is 17.9. The number of hydrogen-bond donors (Lipinski definition) is 2. The molecule has 0 radical (unpaired) electrons. The number of benzene rings is 2. The molecule has 2 N–H and O–H groups in total. The van der Waals surface area contributed by atoms with Gasteiger partial charge >= 0.3 is 0 Å². The van der Waals surface area contributed by atoms with Crippen LogP contribution in [-0.4, -0.2) is 28.5 Å². The van der Waals surface area contributed by atoms with Crippen molar-refractivity contribution in [2.45, 2.75) is 4.90 Å². The Labute approximate surface area is 149 Å². The number of halogens is 2. The first-order chi connectivity index (χ1) is 11.3. The molecule has 0 aliphatic carbocycles. The van der Waals surface area contributed by atoms with E-state index in [0.29, 0.717) is 16.5 Å². The van der Waals surface area contributed by atoms with Gasteiger partial charge in [-0.2, -0.15) is 0 Å². The van der Waals surface area contributed by atoms with Gasteiger partial charge in [-0.05, 0) is 43.4 Å². The Bertz CT molecular complexity index is 885. The third kappa shape index (κ3) is 3.99. The topological polar surface area (TPSA) is 84.5 Å². The number of ether oxygens (including phenoxy) is 1. The fourth-order valence-electron chi connectivity index (χ4n) is 1.91. The molecule has 0 saturated carbocycles. The number of hydrogen-bond acceptors (Lipinski definition) is 4. The lowest BCUT2D eigenvalue weighted by Crippen LogP contribution is -2.20. The van der Waals surface area contributed by atoms with Gasteiger partial charge in [0.2, 0.25) is 10.0 Å². The van der Waals surface area contributed by atoms with Crippen LogP contribution in [0.3, 0.4) is 0 Å². The third-order valence-corrected chi connectivity index (χ3v) is 5.35. The molecule has 1 amide bonds. The van der Waals surface area contributed by atoms with Crippen LogP contribution in [0, 0.1) is 0 Å². The molecule has 128 valence electrons. The predicted octanol–water partition coefficient (Wildman–Crippen LogP) is 3.16. The molecule has 0 fully saturated rings. The Hall–Kier alpha value is -1.80. The van der Waals surface area contributed by atoms with Crippen molar-refractivity contribution in [3.8, 4) is 5.75 Å². The highest BCUT2D eigenvalue weighted by molar-refractivity contribution is 7.89. The van der Waals surface area contributed by atoms with Crippen molar-refractivity contribution in [3.63, 3.8) is 0 Å². The molecule has 9 heteroatoms. The summed E-state index contributed by atoms with van der Waals surface area (Å²) in [6, 6.07) is 8.73. The first-order valence-corrected chi connectivity index (χ1v) is 8.90. The van der Waals surface area contributed by atoms with Crippen molar-refractivity contribution < 1.29 is 17.9 Å². The Balaban J connectivity index is 2.31. The van der Waals surface area contributed by atoms with Gasteiger partial charge in [0, 0.05) is 11.3 Å². The number of methoxy groups -OCH3 is 1. The zero-order valence-corrected chi connectivity index (χ0v) is 15.1. The van der Waals surface area contributed by atoms with Crippen LogP contribution in [0.1, 0.15) is 10.4 Å². The summed E-state index contributed by atoms with van der Waals surface area (Å²) in [5.74, 6) is -0.0241. The molecule has 24 heavy (non-hydrogen) atoms. The van der Waals surface area contributed by atoms with Crippen LogP contribution in [-0.2, 0) is 10.0 Å². The second kappa shape index (κ2) is 7.40. The summed E-state index contributed by atoms with van der Waals surface area (Å²) in [4.78, 5) is 12.1. The summed E-state index contributed by atoms with van der Waals surface area (Å²) in [7, 11) is -1.03. The molecule has 0 saturated heterocycles. The Morgan fingerprint density at radius 1 is 1.08 bits per heavy atom. The molecule has 0 spiro atoms. The Morgan fingerprint density at radius 3 is 2.38 bits per heavy atom. The molecule has 0 aromatic heterocycles. The standard InChI is InChI=1S/C15H14Cl2N2O4S/c1-18-24(21,22)14-7-9(3-5-11(14)16)15(20)19-10-4-6-13(23-2)12(17)8-10/h3-8,18H,1-2H3,(H,19,20). The van der Waals surface area contributed by atoms with E-state index in [1.54, 1.807) is 12.1 Å². The predicted molar refractivity (Wildman–Crippen MR) is 93.7 cm³/mol. The van der Waals surface area contributed by atoms with Gasteiger partial charge in [0.05, 0.1) is 17.2 Å². The summed E-state index contributed by atoms with van der Waals surface area (Å²) in [6.07, 6.45) is 0. The van der Waals surface area contributed by atoms with E-state index in [4.69, 9.17) is 27.9 Å². The molecule has 0 aliphatic heterocycles.